The minimum absolute atomic E-state index is 0.0117. The molecule has 0 bridgehead atoms. The third kappa shape index (κ3) is 43.2. The first-order valence-electron chi connectivity index (χ1n) is 31.5. The van der Waals surface area contributed by atoms with E-state index < -0.39 is 24.2 Å². The Morgan fingerprint density at radius 1 is 0.365 bits per heavy atom. The monoisotopic (exact) mass is 1040 g/mol. The van der Waals surface area contributed by atoms with E-state index in [1.165, 1.54) is 135 Å². The normalized spacial score (nSPS) is 16.8. The fourth-order valence-corrected chi connectivity index (χ4v) is 9.89. The third-order valence-corrected chi connectivity index (χ3v) is 14.7. The van der Waals surface area contributed by atoms with Crippen LogP contribution in [0, 0.1) is 5.92 Å². The van der Waals surface area contributed by atoms with E-state index in [1.807, 2.05) is 19.0 Å². The molecule has 430 valence electrons. The van der Waals surface area contributed by atoms with Crippen LogP contribution in [0.15, 0.2) is 36.5 Å². The fourth-order valence-electron chi connectivity index (χ4n) is 9.89. The number of esters is 4. The van der Waals surface area contributed by atoms with Gasteiger partial charge in [0.15, 0.2) is 6.10 Å². The maximum atomic E-state index is 13.6. The van der Waals surface area contributed by atoms with Crippen molar-refractivity contribution in [3.05, 3.63) is 36.5 Å². The molecule has 9 nitrogen and oxygen atoms in total. The van der Waals surface area contributed by atoms with Crippen LogP contribution < -0.4 is 0 Å². The molecule has 0 aromatic heterocycles. The smallest absolute Gasteiger partial charge is 0.307 e. The highest BCUT2D eigenvalue weighted by molar-refractivity contribution is 5.72. The molecular weight excluding hydrogens is 923 g/mol. The van der Waals surface area contributed by atoms with Gasteiger partial charge < -0.3 is 23.8 Å². The number of hydrogen-bond acceptors (Lipinski definition) is 9. The average molecular weight is 1040 g/mol. The Morgan fingerprint density at radius 2 is 0.662 bits per heavy atom. The first-order chi connectivity index (χ1) is 36.2. The van der Waals surface area contributed by atoms with E-state index >= 15 is 0 Å². The van der Waals surface area contributed by atoms with Crippen LogP contribution in [0.25, 0.3) is 0 Å². The lowest BCUT2D eigenvalue weighted by Gasteiger charge is -2.26. The molecule has 1 aliphatic carbocycles. The van der Waals surface area contributed by atoms with E-state index in [0.717, 1.165) is 103 Å². The molecule has 1 aliphatic rings. The van der Waals surface area contributed by atoms with Crippen molar-refractivity contribution in [2.45, 2.75) is 322 Å². The molecule has 0 heterocycles. The lowest BCUT2D eigenvalue weighted by atomic mass is 10.1. The summed E-state index contributed by atoms with van der Waals surface area (Å²) >= 11 is 0. The molecule has 1 rings (SSSR count). The maximum Gasteiger partial charge on any atom is 0.307 e. The van der Waals surface area contributed by atoms with Gasteiger partial charge in [0.1, 0.15) is 12.2 Å². The van der Waals surface area contributed by atoms with Gasteiger partial charge in [0.05, 0.1) is 13.0 Å². The van der Waals surface area contributed by atoms with Gasteiger partial charge in [0, 0.05) is 31.7 Å². The van der Waals surface area contributed by atoms with Crippen molar-refractivity contribution >= 4 is 23.9 Å². The number of ether oxygens (including phenoxy) is 4. The highest BCUT2D eigenvalue weighted by Crippen LogP contribution is 2.35. The maximum absolute atomic E-state index is 13.6. The number of nitrogens with zero attached hydrogens (tertiary/aromatic N) is 1. The van der Waals surface area contributed by atoms with Crippen molar-refractivity contribution in [2.24, 2.45) is 5.92 Å². The number of carbonyl (C=O) groups excluding carboxylic acids is 4. The molecule has 4 atom stereocenters. The van der Waals surface area contributed by atoms with Crippen molar-refractivity contribution in [2.75, 3.05) is 27.2 Å². The summed E-state index contributed by atoms with van der Waals surface area (Å²) in [6, 6.07) is 0. The largest absolute Gasteiger partial charge is 0.465 e. The molecule has 0 saturated heterocycles. The zero-order valence-corrected chi connectivity index (χ0v) is 49.0. The molecule has 0 aromatic carbocycles. The van der Waals surface area contributed by atoms with Crippen molar-refractivity contribution in [1.82, 2.24) is 4.90 Å². The molecule has 0 aromatic rings. The Kier molecular flexibility index (Phi) is 48.7. The Morgan fingerprint density at radius 3 is 1.00 bits per heavy atom. The number of allylic oxidation sites excluding steroid dienone is 6. The molecule has 0 radical (unpaired) electrons. The van der Waals surface area contributed by atoms with E-state index in [-0.39, 0.29) is 62.6 Å². The minimum atomic E-state index is -0.966. The molecule has 1 saturated carbocycles. The summed E-state index contributed by atoms with van der Waals surface area (Å²) in [5.41, 5.74) is 0. The van der Waals surface area contributed by atoms with Crippen LogP contribution in [0.4, 0.5) is 0 Å². The Labute approximate surface area is 456 Å². The van der Waals surface area contributed by atoms with Crippen molar-refractivity contribution in [3.63, 3.8) is 0 Å². The van der Waals surface area contributed by atoms with Crippen LogP contribution in [-0.2, 0) is 38.1 Å². The zero-order valence-electron chi connectivity index (χ0n) is 49.0. The number of rotatable bonds is 53. The van der Waals surface area contributed by atoms with Gasteiger partial charge in [0.25, 0.3) is 0 Å². The van der Waals surface area contributed by atoms with Crippen molar-refractivity contribution in [1.29, 1.82) is 0 Å². The first kappa shape index (κ1) is 69.1. The number of hydrogen-bond donors (Lipinski definition) is 0. The Bertz CT molecular complexity index is 1410. The topological polar surface area (TPSA) is 108 Å². The van der Waals surface area contributed by atoms with Crippen molar-refractivity contribution in [3.8, 4) is 0 Å². The van der Waals surface area contributed by atoms with Crippen LogP contribution >= 0.6 is 0 Å². The predicted molar refractivity (Wildman–Crippen MR) is 310 cm³/mol. The summed E-state index contributed by atoms with van der Waals surface area (Å²) in [5.74, 6) is -1.91. The molecule has 4 unspecified atom stereocenters. The Hall–Kier alpha value is -2.94. The van der Waals surface area contributed by atoms with E-state index in [0.29, 0.717) is 19.4 Å². The predicted octanol–water partition coefficient (Wildman–Crippen LogP) is 18.3. The van der Waals surface area contributed by atoms with E-state index in [1.54, 1.807) is 0 Å². The van der Waals surface area contributed by atoms with Gasteiger partial charge in [-0.15, -0.1) is 0 Å². The van der Waals surface area contributed by atoms with E-state index in [2.05, 4.69) is 57.2 Å². The third-order valence-electron chi connectivity index (χ3n) is 14.7. The van der Waals surface area contributed by atoms with E-state index in [9.17, 15) is 19.2 Å². The summed E-state index contributed by atoms with van der Waals surface area (Å²) in [6.07, 6.45) is 58.3. The van der Waals surface area contributed by atoms with Crippen LogP contribution in [0.3, 0.4) is 0 Å². The zero-order chi connectivity index (χ0) is 53.8. The van der Waals surface area contributed by atoms with Crippen LogP contribution in [-0.4, -0.2) is 74.3 Å². The van der Waals surface area contributed by atoms with Crippen molar-refractivity contribution < 1.29 is 38.1 Å². The minimum Gasteiger partial charge on any atom is -0.465 e. The molecule has 74 heavy (non-hydrogen) atoms. The number of carbonyl (C=O) groups is 4. The average Bonchev–Trinajstić information content (AvgIpc) is 3.69. The van der Waals surface area contributed by atoms with E-state index in [4.69, 9.17) is 18.9 Å². The molecular formula is C65H117NO8. The van der Waals surface area contributed by atoms with Gasteiger partial charge in [-0.25, -0.2) is 0 Å². The second-order valence-corrected chi connectivity index (χ2v) is 22.2. The lowest BCUT2D eigenvalue weighted by molar-refractivity contribution is -0.179. The summed E-state index contributed by atoms with van der Waals surface area (Å²) in [4.78, 5) is 55.3. The van der Waals surface area contributed by atoms with Gasteiger partial charge >= 0.3 is 23.9 Å². The molecule has 1 fully saturated rings. The summed E-state index contributed by atoms with van der Waals surface area (Å²) < 4.78 is 24.2. The highest BCUT2D eigenvalue weighted by Gasteiger charge is 2.50. The quantitative estimate of drug-likeness (QED) is 0.0255. The van der Waals surface area contributed by atoms with Crippen LogP contribution in [0.5, 0.6) is 0 Å². The second-order valence-electron chi connectivity index (χ2n) is 22.2. The van der Waals surface area contributed by atoms with Gasteiger partial charge in [-0.2, -0.15) is 0 Å². The summed E-state index contributed by atoms with van der Waals surface area (Å²) in [6.45, 7) is 7.31. The number of unbranched alkanes of at least 4 members (excludes halogenated alkanes) is 33. The summed E-state index contributed by atoms with van der Waals surface area (Å²) in [7, 11) is 3.81. The van der Waals surface area contributed by atoms with Gasteiger partial charge in [-0.05, 0) is 117 Å². The first-order valence-corrected chi connectivity index (χ1v) is 31.5. The molecule has 9 heteroatoms. The van der Waals surface area contributed by atoms with Crippen LogP contribution in [0.1, 0.15) is 303 Å². The highest BCUT2D eigenvalue weighted by atomic mass is 16.6. The standard InChI is InChI=1S/C65H117NO8/c1-6-9-12-15-18-21-24-27-30-33-36-39-42-45-48-51-61(68)72-59-56-58(57-71-60(67)54-55-66(4)5)64(73-62(69)52-49-46-43-40-37-34-31-28-25-22-19-16-13-10-7-2)65(59)74-63(70)53-50-47-44-41-38-35-32-29-26-23-20-17-14-11-8-3/h27-32,58-59,64-65H,6-26,33-57H2,1-5H3/b30-27-,31-28-,32-29-. The van der Waals surface area contributed by atoms with Gasteiger partial charge in [-0.1, -0.05) is 211 Å². The molecule has 0 amide bonds. The van der Waals surface area contributed by atoms with Gasteiger partial charge in [0.2, 0.25) is 0 Å². The molecule has 0 spiro atoms. The second kappa shape index (κ2) is 52.1. The Balaban J connectivity index is 2.80. The summed E-state index contributed by atoms with van der Waals surface area (Å²) in [5, 5.41) is 0. The molecule has 0 N–H and O–H groups in total. The fraction of sp³-hybridized carbons (Fsp3) is 0.846. The lowest BCUT2D eigenvalue weighted by Crippen LogP contribution is -2.41. The SMILES string of the molecule is CCCCCCCC/C=C\CCCCCCCC(=O)OC1CC(COC(=O)CCN(C)C)C(OC(=O)CCCCCCC/C=C\CCCCCCCC)C1OC(=O)CCCCCCC/C=C\CCCCCCCC. The molecule has 0 aliphatic heterocycles. The van der Waals surface area contributed by atoms with Crippen LogP contribution in [0.2, 0.25) is 0 Å². The van der Waals surface area contributed by atoms with Gasteiger partial charge in [-0.3, -0.25) is 19.2 Å².